The van der Waals surface area contributed by atoms with Crippen LogP contribution in [0.25, 0.3) is 10.9 Å². The van der Waals surface area contributed by atoms with Gasteiger partial charge < -0.3 is 15.5 Å². The zero-order chi connectivity index (χ0) is 18.5. The highest BCUT2D eigenvalue weighted by Crippen LogP contribution is 2.24. The van der Waals surface area contributed by atoms with Gasteiger partial charge in [0.05, 0.1) is 10.5 Å². The summed E-state index contributed by atoms with van der Waals surface area (Å²) >= 11 is 1.82. The van der Waals surface area contributed by atoms with Crippen molar-refractivity contribution in [2.45, 2.75) is 25.4 Å². The van der Waals surface area contributed by atoms with Gasteiger partial charge in [0.2, 0.25) is 0 Å². The van der Waals surface area contributed by atoms with Crippen LogP contribution in [0.1, 0.15) is 18.4 Å². The van der Waals surface area contributed by atoms with Crippen LogP contribution >= 0.6 is 35.3 Å². The van der Waals surface area contributed by atoms with Gasteiger partial charge >= 0.3 is 0 Å². The molecule has 0 aliphatic carbocycles. The van der Waals surface area contributed by atoms with E-state index in [1.807, 2.05) is 30.6 Å². The minimum Gasteiger partial charge on any atom is -0.363 e. The Balaban J connectivity index is 0.00000225. The SMILES string of the molecule is CN=C(NCc1cccc2cccnc12)NC1CCN(c2cccs2)CC1.I. The van der Waals surface area contributed by atoms with E-state index in [2.05, 4.69) is 67.3 Å². The Kier molecular flexibility index (Phi) is 7.50. The molecule has 0 saturated carbocycles. The van der Waals surface area contributed by atoms with Crippen molar-refractivity contribution in [3.8, 4) is 0 Å². The van der Waals surface area contributed by atoms with Crippen molar-refractivity contribution in [1.82, 2.24) is 15.6 Å². The molecule has 2 N–H and O–H groups in total. The molecular weight excluding hydrogens is 481 g/mol. The molecule has 0 bridgehead atoms. The maximum Gasteiger partial charge on any atom is 0.191 e. The van der Waals surface area contributed by atoms with Gasteiger partial charge in [-0.25, -0.2) is 0 Å². The highest BCUT2D eigenvalue weighted by atomic mass is 127. The van der Waals surface area contributed by atoms with Crippen LogP contribution in [-0.2, 0) is 6.54 Å². The zero-order valence-corrected chi connectivity index (χ0v) is 19.1. The molecule has 7 heteroatoms. The fraction of sp³-hybridized carbons (Fsp3) is 0.333. The van der Waals surface area contributed by atoms with Crippen molar-refractivity contribution in [3.63, 3.8) is 0 Å². The molecule has 1 fully saturated rings. The van der Waals surface area contributed by atoms with Crippen molar-refractivity contribution >= 4 is 57.2 Å². The minimum absolute atomic E-state index is 0. The van der Waals surface area contributed by atoms with Crippen LogP contribution in [0.2, 0.25) is 0 Å². The number of nitrogens with one attached hydrogen (secondary N) is 2. The Bertz CT molecular complexity index is 899. The van der Waals surface area contributed by atoms with Crippen LogP contribution in [0, 0.1) is 0 Å². The number of hydrogen-bond donors (Lipinski definition) is 2. The van der Waals surface area contributed by atoms with Crippen molar-refractivity contribution in [3.05, 3.63) is 59.6 Å². The number of nitrogens with zero attached hydrogens (tertiary/aromatic N) is 3. The van der Waals surface area contributed by atoms with E-state index >= 15 is 0 Å². The highest BCUT2D eigenvalue weighted by molar-refractivity contribution is 14.0. The average Bonchev–Trinajstić information content (AvgIpc) is 3.26. The first-order valence-corrected chi connectivity index (χ1v) is 10.3. The predicted molar refractivity (Wildman–Crippen MR) is 130 cm³/mol. The number of guanidine groups is 1. The van der Waals surface area contributed by atoms with Gasteiger partial charge in [0.15, 0.2) is 5.96 Å². The number of anilines is 1. The van der Waals surface area contributed by atoms with Crippen molar-refractivity contribution in [2.24, 2.45) is 4.99 Å². The summed E-state index contributed by atoms with van der Waals surface area (Å²) in [5.41, 5.74) is 2.23. The van der Waals surface area contributed by atoms with Gasteiger partial charge in [-0.05, 0) is 42.0 Å². The molecule has 0 amide bonds. The first-order chi connectivity index (χ1) is 13.3. The molecule has 0 radical (unpaired) electrons. The van der Waals surface area contributed by atoms with Gasteiger partial charge in [0.1, 0.15) is 0 Å². The van der Waals surface area contributed by atoms with Crippen molar-refractivity contribution in [2.75, 3.05) is 25.0 Å². The Morgan fingerprint density at radius 2 is 2.00 bits per heavy atom. The van der Waals surface area contributed by atoms with Gasteiger partial charge in [0, 0.05) is 44.3 Å². The first-order valence-electron chi connectivity index (χ1n) is 9.42. The monoisotopic (exact) mass is 507 g/mol. The minimum atomic E-state index is 0. The molecule has 2 aromatic heterocycles. The zero-order valence-electron chi connectivity index (χ0n) is 16.0. The molecule has 4 rings (SSSR count). The number of pyridine rings is 1. The van der Waals surface area contributed by atoms with Crippen LogP contribution in [-0.4, -0.2) is 37.1 Å². The van der Waals surface area contributed by atoms with Gasteiger partial charge in [-0.2, -0.15) is 0 Å². The number of piperidine rings is 1. The van der Waals surface area contributed by atoms with Gasteiger partial charge in [-0.3, -0.25) is 9.98 Å². The van der Waals surface area contributed by atoms with E-state index in [0.29, 0.717) is 12.6 Å². The largest absolute Gasteiger partial charge is 0.363 e. The maximum absolute atomic E-state index is 4.53. The van der Waals surface area contributed by atoms with E-state index in [1.54, 1.807) is 0 Å². The molecule has 1 aliphatic rings. The van der Waals surface area contributed by atoms with Crippen molar-refractivity contribution in [1.29, 1.82) is 0 Å². The molecule has 148 valence electrons. The second kappa shape index (κ2) is 10.1. The summed E-state index contributed by atoms with van der Waals surface area (Å²) in [7, 11) is 1.83. The molecule has 5 nitrogen and oxygen atoms in total. The Morgan fingerprint density at radius 3 is 2.75 bits per heavy atom. The van der Waals surface area contributed by atoms with E-state index in [1.165, 1.54) is 16.0 Å². The Hall–Kier alpha value is -1.87. The third kappa shape index (κ3) is 4.94. The number of hydrogen-bond acceptors (Lipinski definition) is 4. The highest BCUT2D eigenvalue weighted by Gasteiger charge is 2.20. The number of thiophene rings is 1. The standard InChI is InChI=1S/C21H25N5S.HI/c1-22-21(24-15-17-6-2-5-16-7-3-11-23-20(16)17)25-18-9-12-26(13-10-18)19-8-4-14-27-19;/h2-8,11,14,18H,9-10,12-13,15H2,1H3,(H2,22,24,25);1H. The fourth-order valence-corrected chi connectivity index (χ4v) is 4.36. The predicted octanol–water partition coefficient (Wildman–Crippen LogP) is 4.25. The number of benzene rings is 1. The van der Waals surface area contributed by atoms with E-state index in [4.69, 9.17) is 0 Å². The number of fused-ring (bicyclic) bond motifs is 1. The third-order valence-electron chi connectivity index (χ3n) is 5.04. The smallest absolute Gasteiger partial charge is 0.191 e. The van der Waals surface area contributed by atoms with Crippen LogP contribution < -0.4 is 15.5 Å². The molecule has 1 saturated heterocycles. The van der Waals surface area contributed by atoms with E-state index in [0.717, 1.165) is 37.4 Å². The summed E-state index contributed by atoms with van der Waals surface area (Å²) < 4.78 is 0. The van der Waals surface area contributed by atoms with E-state index in [-0.39, 0.29) is 24.0 Å². The molecular formula is C21H26IN5S. The Labute approximate surface area is 187 Å². The second-order valence-corrected chi connectivity index (χ2v) is 7.70. The lowest BCUT2D eigenvalue weighted by Gasteiger charge is -2.33. The Morgan fingerprint density at radius 1 is 1.18 bits per heavy atom. The lowest BCUT2D eigenvalue weighted by Crippen LogP contribution is -2.48. The van der Waals surface area contributed by atoms with Gasteiger partial charge in [0.25, 0.3) is 0 Å². The summed E-state index contributed by atoms with van der Waals surface area (Å²) in [5, 5.41) is 11.7. The topological polar surface area (TPSA) is 52.6 Å². The number of aromatic nitrogens is 1. The summed E-state index contributed by atoms with van der Waals surface area (Å²) in [6, 6.07) is 15.2. The van der Waals surface area contributed by atoms with Crippen LogP contribution in [0.15, 0.2) is 59.0 Å². The van der Waals surface area contributed by atoms with E-state index in [9.17, 15) is 0 Å². The molecule has 0 atom stereocenters. The quantitative estimate of drug-likeness (QED) is 0.315. The second-order valence-electron chi connectivity index (χ2n) is 6.77. The molecule has 28 heavy (non-hydrogen) atoms. The summed E-state index contributed by atoms with van der Waals surface area (Å²) in [6.07, 6.45) is 4.09. The molecule has 0 unspecified atom stereocenters. The fourth-order valence-electron chi connectivity index (χ4n) is 3.57. The summed E-state index contributed by atoms with van der Waals surface area (Å²) in [4.78, 5) is 11.4. The first kappa shape index (κ1) is 20.9. The van der Waals surface area contributed by atoms with Crippen molar-refractivity contribution < 1.29 is 0 Å². The van der Waals surface area contributed by atoms with Gasteiger partial charge in [-0.15, -0.1) is 35.3 Å². The average molecular weight is 507 g/mol. The van der Waals surface area contributed by atoms with Gasteiger partial charge in [-0.1, -0.05) is 24.3 Å². The number of rotatable bonds is 4. The normalized spacial score (nSPS) is 15.3. The molecule has 1 aromatic carbocycles. The maximum atomic E-state index is 4.53. The third-order valence-corrected chi connectivity index (χ3v) is 5.97. The summed E-state index contributed by atoms with van der Waals surface area (Å²) in [6.45, 7) is 2.88. The number of aliphatic imine (C=N–C) groups is 1. The van der Waals surface area contributed by atoms with Crippen LogP contribution in [0.4, 0.5) is 5.00 Å². The number of para-hydroxylation sites is 1. The lowest BCUT2D eigenvalue weighted by molar-refractivity contribution is 0.463. The van der Waals surface area contributed by atoms with Crippen LogP contribution in [0.5, 0.6) is 0 Å². The summed E-state index contributed by atoms with van der Waals surface area (Å²) in [5.74, 6) is 0.859. The molecule has 3 aromatic rings. The lowest BCUT2D eigenvalue weighted by atomic mass is 10.1. The van der Waals surface area contributed by atoms with E-state index < -0.39 is 0 Å². The number of halogens is 1. The van der Waals surface area contributed by atoms with Crippen LogP contribution in [0.3, 0.4) is 0 Å². The molecule has 0 spiro atoms. The molecule has 3 heterocycles. The molecule has 1 aliphatic heterocycles.